The lowest BCUT2D eigenvalue weighted by molar-refractivity contribution is -0.143. The van der Waals surface area contributed by atoms with E-state index in [2.05, 4.69) is 4.98 Å². The zero-order valence-electron chi connectivity index (χ0n) is 14.8. The Morgan fingerprint density at radius 3 is 2.42 bits per heavy atom. The summed E-state index contributed by atoms with van der Waals surface area (Å²) in [6.45, 7) is 4.12. The zero-order valence-corrected chi connectivity index (χ0v) is 14.8. The van der Waals surface area contributed by atoms with Crippen molar-refractivity contribution in [1.82, 2.24) is 9.55 Å². The summed E-state index contributed by atoms with van der Waals surface area (Å²) in [7, 11) is 0. The SMILES string of the molecule is CCOC(=O)Cn1cc(-c2ccccc2)c2ccc(C(=O)OCC)nc21. The molecule has 0 aliphatic carbocycles. The lowest BCUT2D eigenvalue weighted by Gasteiger charge is -2.05. The second-order valence-corrected chi connectivity index (χ2v) is 5.63. The van der Waals surface area contributed by atoms with Crippen LogP contribution in [0.15, 0.2) is 48.7 Å². The zero-order chi connectivity index (χ0) is 18.5. The molecular formula is C20H20N2O4. The van der Waals surface area contributed by atoms with Crippen LogP contribution in [0.5, 0.6) is 0 Å². The van der Waals surface area contributed by atoms with Crippen LogP contribution in [0.25, 0.3) is 22.2 Å². The number of fused-ring (bicyclic) bond motifs is 1. The number of rotatable bonds is 6. The number of hydrogen-bond donors (Lipinski definition) is 0. The van der Waals surface area contributed by atoms with Crippen molar-refractivity contribution in [3.63, 3.8) is 0 Å². The largest absolute Gasteiger partial charge is 0.465 e. The second-order valence-electron chi connectivity index (χ2n) is 5.63. The van der Waals surface area contributed by atoms with Crippen molar-refractivity contribution in [2.75, 3.05) is 13.2 Å². The average molecular weight is 352 g/mol. The fourth-order valence-electron chi connectivity index (χ4n) is 2.80. The van der Waals surface area contributed by atoms with E-state index in [1.54, 1.807) is 24.5 Å². The Morgan fingerprint density at radius 1 is 1.00 bits per heavy atom. The van der Waals surface area contributed by atoms with Crippen LogP contribution in [-0.4, -0.2) is 34.7 Å². The van der Waals surface area contributed by atoms with E-state index in [0.717, 1.165) is 16.5 Å². The quantitative estimate of drug-likeness (QED) is 0.636. The molecule has 2 aromatic heterocycles. The standard InChI is InChI=1S/C20H20N2O4/c1-3-25-18(23)13-22-12-16(14-8-6-5-7-9-14)15-10-11-17(21-19(15)22)20(24)26-4-2/h5-12H,3-4,13H2,1-2H3. The van der Waals surface area contributed by atoms with E-state index in [-0.39, 0.29) is 24.8 Å². The van der Waals surface area contributed by atoms with Gasteiger partial charge < -0.3 is 14.0 Å². The molecule has 0 bridgehead atoms. The molecule has 6 nitrogen and oxygen atoms in total. The van der Waals surface area contributed by atoms with E-state index in [1.165, 1.54) is 0 Å². The second kappa shape index (κ2) is 7.82. The number of hydrogen-bond acceptors (Lipinski definition) is 5. The normalized spacial score (nSPS) is 10.7. The average Bonchev–Trinajstić information content (AvgIpc) is 3.00. The van der Waals surface area contributed by atoms with Gasteiger partial charge in [-0.2, -0.15) is 0 Å². The van der Waals surface area contributed by atoms with Crippen molar-refractivity contribution in [1.29, 1.82) is 0 Å². The third-order valence-electron chi connectivity index (χ3n) is 3.90. The fourth-order valence-corrected chi connectivity index (χ4v) is 2.80. The first-order valence-corrected chi connectivity index (χ1v) is 8.52. The van der Waals surface area contributed by atoms with Crippen molar-refractivity contribution in [2.24, 2.45) is 0 Å². The smallest absolute Gasteiger partial charge is 0.356 e. The highest BCUT2D eigenvalue weighted by Gasteiger charge is 2.17. The first-order chi connectivity index (χ1) is 12.6. The molecule has 0 atom stereocenters. The van der Waals surface area contributed by atoms with E-state index >= 15 is 0 Å². The van der Waals surface area contributed by atoms with Gasteiger partial charge in [-0.3, -0.25) is 4.79 Å². The Balaban J connectivity index is 2.11. The number of carbonyl (C=O) groups is 2. The van der Waals surface area contributed by atoms with E-state index in [0.29, 0.717) is 12.3 Å². The first-order valence-electron chi connectivity index (χ1n) is 8.52. The van der Waals surface area contributed by atoms with Crippen LogP contribution in [0.1, 0.15) is 24.3 Å². The molecule has 0 saturated heterocycles. The summed E-state index contributed by atoms with van der Waals surface area (Å²) in [6.07, 6.45) is 1.86. The van der Waals surface area contributed by atoms with E-state index in [1.807, 2.05) is 42.6 Å². The number of nitrogens with zero attached hydrogens (tertiary/aromatic N) is 2. The number of esters is 2. The van der Waals surface area contributed by atoms with Crippen LogP contribution in [-0.2, 0) is 20.8 Å². The van der Waals surface area contributed by atoms with Crippen LogP contribution < -0.4 is 0 Å². The molecule has 3 aromatic rings. The molecule has 134 valence electrons. The summed E-state index contributed by atoms with van der Waals surface area (Å²) >= 11 is 0. The predicted octanol–water partition coefficient (Wildman–Crippen LogP) is 3.44. The van der Waals surface area contributed by atoms with Gasteiger partial charge in [-0.1, -0.05) is 30.3 Å². The van der Waals surface area contributed by atoms with Gasteiger partial charge in [0.2, 0.25) is 0 Å². The van der Waals surface area contributed by atoms with E-state index < -0.39 is 5.97 Å². The molecule has 0 spiro atoms. The summed E-state index contributed by atoms with van der Waals surface area (Å²) in [5, 5.41) is 0.855. The van der Waals surface area contributed by atoms with Gasteiger partial charge in [-0.05, 0) is 31.5 Å². The Bertz CT molecular complexity index is 932. The molecule has 0 aliphatic rings. The Kier molecular flexibility index (Phi) is 5.31. The molecular weight excluding hydrogens is 332 g/mol. The maximum Gasteiger partial charge on any atom is 0.356 e. The molecule has 2 heterocycles. The molecule has 0 radical (unpaired) electrons. The van der Waals surface area contributed by atoms with Gasteiger partial charge in [-0.25, -0.2) is 9.78 Å². The first kappa shape index (κ1) is 17.7. The summed E-state index contributed by atoms with van der Waals surface area (Å²) in [4.78, 5) is 28.4. The third kappa shape index (κ3) is 3.59. The lowest BCUT2D eigenvalue weighted by atomic mass is 10.1. The molecule has 0 fully saturated rings. The monoisotopic (exact) mass is 352 g/mol. The van der Waals surface area contributed by atoms with Crippen molar-refractivity contribution in [2.45, 2.75) is 20.4 Å². The summed E-state index contributed by atoms with van der Waals surface area (Å²) < 4.78 is 11.8. The van der Waals surface area contributed by atoms with Gasteiger partial charge in [-0.15, -0.1) is 0 Å². The van der Waals surface area contributed by atoms with Crippen LogP contribution in [0.3, 0.4) is 0 Å². The Morgan fingerprint density at radius 2 is 1.73 bits per heavy atom. The highest BCUT2D eigenvalue weighted by atomic mass is 16.5. The molecule has 0 aliphatic heterocycles. The van der Waals surface area contributed by atoms with Gasteiger partial charge in [0.25, 0.3) is 0 Å². The van der Waals surface area contributed by atoms with Gasteiger partial charge in [0.1, 0.15) is 12.2 Å². The highest BCUT2D eigenvalue weighted by Crippen LogP contribution is 2.30. The minimum atomic E-state index is -0.487. The minimum absolute atomic E-state index is 0.0243. The minimum Gasteiger partial charge on any atom is -0.465 e. The van der Waals surface area contributed by atoms with Gasteiger partial charge in [0.05, 0.1) is 13.2 Å². The molecule has 0 saturated carbocycles. The Hall–Kier alpha value is -3.15. The number of ether oxygens (including phenoxy) is 2. The molecule has 3 rings (SSSR count). The van der Waals surface area contributed by atoms with Gasteiger partial charge >= 0.3 is 11.9 Å². The molecule has 6 heteroatoms. The van der Waals surface area contributed by atoms with Crippen LogP contribution >= 0.6 is 0 Å². The number of aromatic nitrogens is 2. The van der Waals surface area contributed by atoms with Crippen molar-refractivity contribution < 1.29 is 19.1 Å². The topological polar surface area (TPSA) is 70.4 Å². The maximum absolute atomic E-state index is 12.0. The summed E-state index contributed by atoms with van der Waals surface area (Å²) in [5.41, 5.74) is 2.70. The van der Waals surface area contributed by atoms with Crippen LogP contribution in [0.2, 0.25) is 0 Å². The van der Waals surface area contributed by atoms with E-state index in [4.69, 9.17) is 9.47 Å². The third-order valence-corrected chi connectivity index (χ3v) is 3.90. The van der Waals surface area contributed by atoms with Crippen molar-refractivity contribution in [3.8, 4) is 11.1 Å². The number of benzene rings is 1. The van der Waals surface area contributed by atoms with Crippen LogP contribution in [0.4, 0.5) is 0 Å². The summed E-state index contributed by atoms with van der Waals surface area (Å²) in [5.74, 6) is -0.841. The van der Waals surface area contributed by atoms with Crippen molar-refractivity contribution in [3.05, 3.63) is 54.4 Å². The van der Waals surface area contributed by atoms with E-state index in [9.17, 15) is 9.59 Å². The molecule has 0 amide bonds. The molecule has 1 aromatic carbocycles. The fraction of sp³-hybridized carbons (Fsp3) is 0.250. The van der Waals surface area contributed by atoms with Gasteiger partial charge in [0.15, 0.2) is 5.69 Å². The number of carbonyl (C=O) groups excluding carboxylic acids is 2. The van der Waals surface area contributed by atoms with Gasteiger partial charge in [0, 0.05) is 17.1 Å². The van der Waals surface area contributed by atoms with Crippen LogP contribution in [0, 0.1) is 0 Å². The number of pyridine rings is 1. The Labute approximate surface area is 151 Å². The molecule has 26 heavy (non-hydrogen) atoms. The lowest BCUT2D eigenvalue weighted by Crippen LogP contribution is -2.14. The summed E-state index contributed by atoms with van der Waals surface area (Å²) in [6, 6.07) is 13.3. The predicted molar refractivity (Wildman–Crippen MR) is 97.8 cm³/mol. The highest BCUT2D eigenvalue weighted by molar-refractivity contribution is 5.97. The van der Waals surface area contributed by atoms with Crippen molar-refractivity contribution >= 4 is 23.0 Å². The molecule has 0 N–H and O–H groups in total. The maximum atomic E-state index is 12.0. The molecule has 0 unspecified atom stereocenters.